The monoisotopic (exact) mass is 220 g/mol. The molecule has 1 heterocycles. The molecule has 0 saturated heterocycles. The van der Waals surface area contributed by atoms with Crippen molar-refractivity contribution < 1.29 is 18.1 Å². The highest BCUT2D eigenvalue weighted by Crippen LogP contribution is 2.60. The lowest BCUT2D eigenvalue weighted by Gasteiger charge is -2.04. The Hall–Kier alpha value is -0.700. The lowest BCUT2D eigenvalue weighted by molar-refractivity contribution is 0.275. The quantitative estimate of drug-likeness (QED) is 0.683. The number of halogens is 1. The molecule has 1 unspecified atom stereocenters. The molecule has 1 atom stereocenters. The first kappa shape index (κ1) is 8.88. The minimum atomic E-state index is -3.44. The number of rotatable bonds is 1. The number of para-hydroxylation sites is 1. The second-order valence-electron chi connectivity index (χ2n) is 2.38. The summed E-state index contributed by atoms with van der Waals surface area (Å²) in [5.74, 6) is 0.618. The molecule has 13 heavy (non-hydrogen) atoms. The van der Waals surface area contributed by atoms with Gasteiger partial charge in [-0.15, -0.1) is 0 Å². The van der Waals surface area contributed by atoms with E-state index in [4.69, 9.17) is 20.6 Å². The molecule has 6 heteroatoms. The highest BCUT2D eigenvalue weighted by Gasteiger charge is 2.38. The Balaban J connectivity index is 2.46. The summed E-state index contributed by atoms with van der Waals surface area (Å²) in [5, 5.41) is 0.354. The highest BCUT2D eigenvalue weighted by molar-refractivity contribution is 7.49. The Morgan fingerprint density at radius 2 is 2.23 bits per heavy atom. The Morgan fingerprint density at radius 3 is 2.85 bits per heavy atom. The van der Waals surface area contributed by atoms with Crippen LogP contribution in [0, 0.1) is 0 Å². The number of fused-ring (bicyclic) bond motifs is 1. The van der Waals surface area contributed by atoms with Crippen LogP contribution in [0.4, 0.5) is 0 Å². The van der Waals surface area contributed by atoms with Gasteiger partial charge in [-0.1, -0.05) is 17.7 Å². The molecule has 0 bridgehead atoms. The van der Waals surface area contributed by atoms with Crippen molar-refractivity contribution in [3.05, 3.63) is 23.2 Å². The molecule has 1 aliphatic rings. The van der Waals surface area contributed by atoms with Gasteiger partial charge >= 0.3 is 7.82 Å². The summed E-state index contributed by atoms with van der Waals surface area (Å²) >= 11 is 5.77. The smallest absolute Gasteiger partial charge is 0.391 e. The third-order valence-corrected chi connectivity index (χ3v) is 3.14. The summed E-state index contributed by atoms with van der Waals surface area (Å²) in [6.07, 6.45) is 0. The number of phosphoric acid groups is 1. The van der Waals surface area contributed by atoms with E-state index >= 15 is 0 Å². The molecule has 0 saturated carbocycles. The van der Waals surface area contributed by atoms with Gasteiger partial charge in [-0.3, -0.25) is 4.52 Å². The molecule has 4 nitrogen and oxygen atoms in total. The van der Waals surface area contributed by atoms with Crippen molar-refractivity contribution >= 4 is 19.4 Å². The SMILES string of the molecule is COP1(=O)Oc2cccc(Cl)c2O1. The second-order valence-corrected chi connectivity index (χ2v) is 4.41. The van der Waals surface area contributed by atoms with Crippen LogP contribution in [-0.2, 0) is 9.09 Å². The van der Waals surface area contributed by atoms with Crippen LogP contribution in [0.2, 0.25) is 5.02 Å². The maximum atomic E-state index is 11.5. The average Bonchev–Trinajstić information content (AvgIpc) is 2.45. The summed E-state index contributed by atoms with van der Waals surface area (Å²) in [5.41, 5.74) is 0. The van der Waals surface area contributed by atoms with Crippen LogP contribution in [0.25, 0.3) is 0 Å². The molecule has 0 aromatic heterocycles. The minimum Gasteiger partial charge on any atom is -0.391 e. The van der Waals surface area contributed by atoms with E-state index in [0.717, 1.165) is 0 Å². The summed E-state index contributed by atoms with van der Waals surface area (Å²) in [6.45, 7) is 0. The molecule has 1 aromatic rings. The fourth-order valence-electron chi connectivity index (χ4n) is 0.975. The first-order valence-electron chi connectivity index (χ1n) is 3.48. The van der Waals surface area contributed by atoms with E-state index in [1.807, 2.05) is 0 Å². The Morgan fingerprint density at radius 1 is 1.46 bits per heavy atom. The molecule has 70 valence electrons. The fraction of sp³-hybridized carbons (Fsp3) is 0.143. The molecule has 0 fully saturated rings. The molecule has 0 amide bonds. The molecule has 1 aromatic carbocycles. The zero-order chi connectivity index (χ0) is 9.47. The van der Waals surface area contributed by atoms with Crippen molar-refractivity contribution in [1.82, 2.24) is 0 Å². The van der Waals surface area contributed by atoms with Crippen LogP contribution in [0.3, 0.4) is 0 Å². The summed E-state index contributed by atoms with van der Waals surface area (Å²) < 4.78 is 26.0. The summed E-state index contributed by atoms with van der Waals surface area (Å²) in [6, 6.07) is 4.91. The third kappa shape index (κ3) is 1.41. The van der Waals surface area contributed by atoms with Gasteiger partial charge in [0.15, 0.2) is 11.5 Å². The highest BCUT2D eigenvalue weighted by atomic mass is 35.5. The van der Waals surface area contributed by atoms with E-state index in [9.17, 15) is 4.57 Å². The molecule has 0 aliphatic carbocycles. The van der Waals surface area contributed by atoms with Gasteiger partial charge in [0.2, 0.25) is 0 Å². The van der Waals surface area contributed by atoms with Gasteiger partial charge in [-0.05, 0) is 12.1 Å². The molecule has 0 spiro atoms. The predicted molar refractivity (Wildman–Crippen MR) is 47.3 cm³/mol. The number of phosphoric ester groups is 1. The van der Waals surface area contributed by atoms with Crippen LogP contribution in [0.15, 0.2) is 18.2 Å². The first-order valence-corrected chi connectivity index (χ1v) is 5.32. The molecule has 0 radical (unpaired) electrons. The minimum absolute atomic E-state index is 0.273. The maximum Gasteiger partial charge on any atom is 0.587 e. The lowest BCUT2D eigenvalue weighted by Crippen LogP contribution is -1.92. The number of benzene rings is 1. The molecule has 0 N–H and O–H groups in total. The van der Waals surface area contributed by atoms with E-state index < -0.39 is 7.82 Å². The standard InChI is InChI=1S/C7H6ClO4P/c1-10-13(9)11-6-4-2-3-5(8)7(6)12-13/h2-4H,1H3. The van der Waals surface area contributed by atoms with Gasteiger partial charge in [-0.2, -0.15) is 0 Å². The third-order valence-electron chi connectivity index (χ3n) is 1.57. The van der Waals surface area contributed by atoms with Crippen LogP contribution in [0.1, 0.15) is 0 Å². The summed E-state index contributed by atoms with van der Waals surface area (Å²) in [7, 11) is -2.19. The normalized spacial score (nSPS) is 24.8. The molecular weight excluding hydrogens is 214 g/mol. The average molecular weight is 221 g/mol. The van der Waals surface area contributed by atoms with Crippen LogP contribution >= 0.6 is 19.4 Å². The van der Waals surface area contributed by atoms with Crippen LogP contribution < -0.4 is 9.05 Å². The fourth-order valence-corrected chi connectivity index (χ4v) is 2.22. The molecule has 1 aliphatic heterocycles. The van der Waals surface area contributed by atoms with Gasteiger partial charge in [0.05, 0.1) is 5.02 Å². The maximum absolute atomic E-state index is 11.5. The van der Waals surface area contributed by atoms with E-state index in [0.29, 0.717) is 10.8 Å². The first-order chi connectivity index (χ1) is 6.14. The topological polar surface area (TPSA) is 44.8 Å². The second kappa shape index (κ2) is 2.91. The van der Waals surface area contributed by atoms with Crippen molar-refractivity contribution in [2.24, 2.45) is 0 Å². The van der Waals surface area contributed by atoms with Crippen molar-refractivity contribution in [3.63, 3.8) is 0 Å². The van der Waals surface area contributed by atoms with E-state index in [2.05, 4.69) is 4.52 Å². The lowest BCUT2D eigenvalue weighted by atomic mass is 10.3. The number of hydrogen-bond donors (Lipinski definition) is 0. The van der Waals surface area contributed by atoms with Crippen LogP contribution in [0.5, 0.6) is 11.5 Å². The molecule has 2 rings (SSSR count). The predicted octanol–water partition coefficient (Wildman–Crippen LogP) is 2.87. The van der Waals surface area contributed by atoms with E-state index in [1.54, 1.807) is 18.2 Å². The van der Waals surface area contributed by atoms with Crippen molar-refractivity contribution in [3.8, 4) is 11.5 Å². The zero-order valence-electron chi connectivity index (χ0n) is 6.69. The van der Waals surface area contributed by atoms with Crippen molar-refractivity contribution in [1.29, 1.82) is 0 Å². The number of hydrogen-bond acceptors (Lipinski definition) is 4. The van der Waals surface area contributed by atoms with Crippen molar-refractivity contribution in [2.45, 2.75) is 0 Å². The van der Waals surface area contributed by atoms with E-state index in [1.165, 1.54) is 7.11 Å². The largest absolute Gasteiger partial charge is 0.587 e. The van der Waals surface area contributed by atoms with Gasteiger partial charge in [0.25, 0.3) is 0 Å². The Kier molecular flexibility index (Phi) is 1.99. The molecular formula is C7H6ClO4P. The van der Waals surface area contributed by atoms with Gasteiger partial charge < -0.3 is 9.05 Å². The summed E-state index contributed by atoms with van der Waals surface area (Å²) in [4.78, 5) is 0. The Bertz CT molecular complexity index is 392. The van der Waals surface area contributed by atoms with Crippen molar-refractivity contribution in [2.75, 3.05) is 7.11 Å². The van der Waals surface area contributed by atoms with Gasteiger partial charge in [0.1, 0.15) is 0 Å². The van der Waals surface area contributed by atoms with Gasteiger partial charge in [-0.25, -0.2) is 4.57 Å². The van der Waals surface area contributed by atoms with E-state index in [-0.39, 0.29) is 5.75 Å². The Labute approximate surface area is 80.0 Å². The van der Waals surface area contributed by atoms with Gasteiger partial charge in [0, 0.05) is 7.11 Å². The van der Waals surface area contributed by atoms with Crippen LogP contribution in [-0.4, -0.2) is 7.11 Å². The zero-order valence-corrected chi connectivity index (χ0v) is 8.34.